The Balaban J connectivity index is 1.86. The van der Waals surface area contributed by atoms with Crippen LogP contribution in [0.5, 0.6) is 5.75 Å². The molecule has 0 saturated heterocycles. The van der Waals surface area contributed by atoms with Gasteiger partial charge in [-0.15, -0.1) is 0 Å². The molecule has 0 fully saturated rings. The second-order valence-electron chi connectivity index (χ2n) is 5.07. The largest absolute Gasteiger partial charge is 0.410 e. The van der Waals surface area contributed by atoms with Crippen molar-refractivity contribution in [2.24, 2.45) is 5.73 Å². The summed E-state index contributed by atoms with van der Waals surface area (Å²) in [5.41, 5.74) is 7.03. The fourth-order valence-corrected chi connectivity index (χ4v) is 2.52. The monoisotopic (exact) mass is 304 g/mol. The van der Waals surface area contributed by atoms with Crippen LogP contribution in [0, 0.1) is 0 Å². The number of rotatable bonds is 2. The standard InChI is InChI=1S/C17H12N4O2/c18-17(22)23-15-6-3-7-21-10-14(20-16(15)21)13-8-11-4-1-2-5-12(11)9-19-13/h1-10H,(H2,18,22). The van der Waals surface area contributed by atoms with Gasteiger partial charge in [0, 0.05) is 24.0 Å². The van der Waals surface area contributed by atoms with Crippen molar-refractivity contribution in [3.63, 3.8) is 0 Å². The molecule has 0 saturated carbocycles. The number of fused-ring (bicyclic) bond motifs is 2. The number of carbonyl (C=O) groups is 1. The molecule has 0 unspecified atom stereocenters. The Bertz CT molecular complexity index is 1040. The highest BCUT2D eigenvalue weighted by molar-refractivity contribution is 5.85. The molecule has 23 heavy (non-hydrogen) atoms. The summed E-state index contributed by atoms with van der Waals surface area (Å²) < 4.78 is 6.75. The second kappa shape index (κ2) is 5.10. The Kier molecular flexibility index (Phi) is 2.94. The Hall–Kier alpha value is -3.41. The normalized spacial score (nSPS) is 11.0. The van der Waals surface area contributed by atoms with Crippen molar-refractivity contribution in [3.8, 4) is 17.1 Å². The van der Waals surface area contributed by atoms with E-state index in [9.17, 15) is 4.79 Å². The van der Waals surface area contributed by atoms with Gasteiger partial charge in [-0.2, -0.15) is 0 Å². The molecule has 0 radical (unpaired) electrons. The number of nitrogens with zero attached hydrogens (tertiary/aromatic N) is 3. The van der Waals surface area contributed by atoms with Crippen LogP contribution in [0.15, 0.2) is 61.1 Å². The van der Waals surface area contributed by atoms with Gasteiger partial charge in [0.05, 0.1) is 5.69 Å². The van der Waals surface area contributed by atoms with E-state index in [1.54, 1.807) is 16.5 Å². The van der Waals surface area contributed by atoms with Crippen LogP contribution >= 0.6 is 0 Å². The lowest BCUT2D eigenvalue weighted by atomic mass is 10.1. The smallest absolute Gasteiger partial charge is 0.406 e. The van der Waals surface area contributed by atoms with E-state index in [1.165, 1.54) is 0 Å². The average Bonchev–Trinajstić information content (AvgIpc) is 2.99. The molecule has 4 aromatic rings. The van der Waals surface area contributed by atoms with Gasteiger partial charge in [0.25, 0.3) is 0 Å². The van der Waals surface area contributed by atoms with E-state index in [2.05, 4.69) is 9.97 Å². The highest BCUT2D eigenvalue weighted by atomic mass is 16.5. The molecule has 0 aliphatic heterocycles. The first-order valence-electron chi connectivity index (χ1n) is 7.01. The molecule has 112 valence electrons. The van der Waals surface area contributed by atoms with E-state index in [4.69, 9.17) is 10.5 Å². The number of aromatic nitrogens is 3. The van der Waals surface area contributed by atoms with Gasteiger partial charge in [-0.25, -0.2) is 9.78 Å². The Labute approximate surface area is 131 Å². The fourth-order valence-electron chi connectivity index (χ4n) is 2.52. The van der Waals surface area contributed by atoms with Gasteiger partial charge < -0.3 is 14.9 Å². The van der Waals surface area contributed by atoms with Crippen LogP contribution in [0.25, 0.3) is 27.8 Å². The first kappa shape index (κ1) is 13.3. The van der Waals surface area contributed by atoms with Gasteiger partial charge in [-0.1, -0.05) is 24.3 Å². The predicted octanol–water partition coefficient (Wildman–Crippen LogP) is 3.01. The summed E-state index contributed by atoms with van der Waals surface area (Å²) in [6, 6.07) is 13.4. The third-order valence-electron chi connectivity index (χ3n) is 3.55. The third kappa shape index (κ3) is 2.36. The van der Waals surface area contributed by atoms with E-state index < -0.39 is 6.09 Å². The maximum atomic E-state index is 11.0. The molecule has 1 aromatic carbocycles. The number of pyridine rings is 2. The van der Waals surface area contributed by atoms with Gasteiger partial charge >= 0.3 is 6.09 Å². The molecule has 0 bridgehead atoms. The van der Waals surface area contributed by atoms with Crippen molar-refractivity contribution in [2.45, 2.75) is 0 Å². The number of hydrogen-bond donors (Lipinski definition) is 1. The maximum absolute atomic E-state index is 11.0. The highest BCUT2D eigenvalue weighted by Gasteiger charge is 2.11. The van der Waals surface area contributed by atoms with Crippen LogP contribution < -0.4 is 10.5 Å². The summed E-state index contributed by atoms with van der Waals surface area (Å²) in [4.78, 5) is 20.0. The van der Waals surface area contributed by atoms with Gasteiger partial charge in [0.2, 0.25) is 0 Å². The number of amides is 1. The van der Waals surface area contributed by atoms with Crippen molar-refractivity contribution in [2.75, 3.05) is 0 Å². The summed E-state index contributed by atoms with van der Waals surface area (Å²) >= 11 is 0. The number of ether oxygens (including phenoxy) is 1. The minimum Gasteiger partial charge on any atom is -0.406 e. The minimum atomic E-state index is -0.869. The van der Waals surface area contributed by atoms with Crippen LogP contribution in [0.2, 0.25) is 0 Å². The predicted molar refractivity (Wildman–Crippen MR) is 86.1 cm³/mol. The van der Waals surface area contributed by atoms with Crippen LogP contribution in [0.1, 0.15) is 0 Å². The summed E-state index contributed by atoms with van der Waals surface area (Å²) in [5.74, 6) is 0.312. The first-order valence-corrected chi connectivity index (χ1v) is 7.01. The number of nitrogens with two attached hydrogens (primary N) is 1. The maximum Gasteiger partial charge on any atom is 0.410 e. The zero-order valence-corrected chi connectivity index (χ0v) is 12.0. The first-order chi connectivity index (χ1) is 11.2. The molecule has 0 aliphatic rings. The summed E-state index contributed by atoms with van der Waals surface area (Å²) in [6.45, 7) is 0. The molecule has 0 aliphatic carbocycles. The highest BCUT2D eigenvalue weighted by Crippen LogP contribution is 2.25. The van der Waals surface area contributed by atoms with Crippen LogP contribution in [0.4, 0.5) is 4.79 Å². The quantitative estimate of drug-likeness (QED) is 0.617. The van der Waals surface area contributed by atoms with Gasteiger partial charge in [0.1, 0.15) is 5.69 Å². The van der Waals surface area contributed by atoms with E-state index in [-0.39, 0.29) is 0 Å². The number of benzene rings is 1. The number of hydrogen-bond acceptors (Lipinski definition) is 4. The molecule has 1 amide bonds. The van der Waals surface area contributed by atoms with Gasteiger partial charge in [-0.05, 0) is 23.6 Å². The van der Waals surface area contributed by atoms with Crippen molar-refractivity contribution in [3.05, 3.63) is 61.1 Å². The minimum absolute atomic E-state index is 0.312. The SMILES string of the molecule is NC(=O)Oc1cccn2cc(-c3cc4ccccc4cn3)nc12. The van der Waals surface area contributed by atoms with Gasteiger partial charge in [-0.3, -0.25) is 4.98 Å². The molecular weight excluding hydrogens is 292 g/mol. The Morgan fingerprint density at radius 2 is 1.91 bits per heavy atom. The van der Waals surface area contributed by atoms with Crippen molar-refractivity contribution < 1.29 is 9.53 Å². The van der Waals surface area contributed by atoms with Gasteiger partial charge in [0.15, 0.2) is 11.4 Å². The molecule has 3 heterocycles. The van der Waals surface area contributed by atoms with Crippen molar-refractivity contribution in [1.29, 1.82) is 0 Å². The fraction of sp³-hybridized carbons (Fsp3) is 0. The molecule has 2 N–H and O–H groups in total. The zero-order chi connectivity index (χ0) is 15.8. The molecular formula is C17H12N4O2. The number of carbonyl (C=O) groups excluding carboxylic acids is 1. The average molecular weight is 304 g/mol. The van der Waals surface area contributed by atoms with Crippen LogP contribution in [-0.2, 0) is 0 Å². The van der Waals surface area contributed by atoms with E-state index in [1.807, 2.05) is 48.9 Å². The van der Waals surface area contributed by atoms with Crippen molar-refractivity contribution in [1.82, 2.24) is 14.4 Å². The molecule has 6 heteroatoms. The van der Waals surface area contributed by atoms with Crippen LogP contribution in [0.3, 0.4) is 0 Å². The van der Waals surface area contributed by atoms with Crippen LogP contribution in [-0.4, -0.2) is 20.5 Å². The zero-order valence-electron chi connectivity index (χ0n) is 12.0. The molecule has 0 atom stereocenters. The molecule has 6 nitrogen and oxygen atoms in total. The summed E-state index contributed by atoms with van der Waals surface area (Å²) in [7, 11) is 0. The lowest BCUT2D eigenvalue weighted by Gasteiger charge is -2.01. The number of primary amides is 1. The summed E-state index contributed by atoms with van der Waals surface area (Å²) in [6.07, 6.45) is 4.60. The Morgan fingerprint density at radius 3 is 2.74 bits per heavy atom. The molecule has 0 spiro atoms. The number of imidazole rings is 1. The molecule has 4 rings (SSSR count). The second-order valence-corrected chi connectivity index (χ2v) is 5.07. The third-order valence-corrected chi connectivity index (χ3v) is 3.55. The lowest BCUT2D eigenvalue weighted by Crippen LogP contribution is -2.16. The lowest BCUT2D eigenvalue weighted by molar-refractivity contribution is 0.211. The Morgan fingerprint density at radius 1 is 1.09 bits per heavy atom. The topological polar surface area (TPSA) is 82.5 Å². The summed E-state index contributed by atoms with van der Waals surface area (Å²) in [5, 5.41) is 2.15. The molecule has 3 aromatic heterocycles. The van der Waals surface area contributed by atoms with E-state index in [0.717, 1.165) is 16.5 Å². The van der Waals surface area contributed by atoms with Crippen molar-refractivity contribution >= 4 is 22.5 Å². The van der Waals surface area contributed by atoms with E-state index in [0.29, 0.717) is 17.1 Å². The van der Waals surface area contributed by atoms with E-state index >= 15 is 0 Å².